The number of rotatable bonds is 4. The molecular formula is C14H16F4N4O2. The highest BCUT2D eigenvalue weighted by molar-refractivity contribution is 5.96. The zero-order valence-electron chi connectivity index (χ0n) is 12.8. The molecule has 1 aromatic rings. The van der Waals surface area contributed by atoms with Gasteiger partial charge in [0.2, 0.25) is 0 Å². The third-order valence-corrected chi connectivity index (χ3v) is 3.60. The Morgan fingerprint density at radius 3 is 2.25 bits per heavy atom. The Balaban J connectivity index is 2.04. The van der Waals surface area contributed by atoms with Crippen LogP contribution in [0.3, 0.4) is 0 Å². The maximum Gasteiger partial charge on any atom is 0.409 e. The Labute approximate surface area is 135 Å². The summed E-state index contributed by atoms with van der Waals surface area (Å²) >= 11 is 0. The van der Waals surface area contributed by atoms with E-state index >= 15 is 0 Å². The number of alkyl halides is 3. The predicted molar refractivity (Wildman–Crippen MR) is 76.2 cm³/mol. The number of urea groups is 2. The van der Waals surface area contributed by atoms with Crippen molar-refractivity contribution < 1.29 is 27.2 Å². The topological polar surface area (TPSA) is 73.5 Å². The number of benzene rings is 1. The van der Waals surface area contributed by atoms with Gasteiger partial charge >= 0.3 is 18.2 Å². The molecule has 0 spiro atoms. The first kappa shape index (κ1) is 18.0. The largest absolute Gasteiger partial charge is 0.409 e. The molecule has 4 amide bonds. The molecule has 0 aliphatic carbocycles. The second-order valence-electron chi connectivity index (χ2n) is 5.36. The molecule has 0 unspecified atom stereocenters. The van der Waals surface area contributed by atoms with Crippen LogP contribution in [0.25, 0.3) is 0 Å². The van der Waals surface area contributed by atoms with Crippen LogP contribution in [0.1, 0.15) is 25.5 Å². The average Bonchev–Trinajstić information content (AvgIpc) is 2.45. The van der Waals surface area contributed by atoms with Crippen molar-refractivity contribution in [1.29, 1.82) is 0 Å². The van der Waals surface area contributed by atoms with E-state index in [9.17, 15) is 27.2 Å². The molecule has 1 aliphatic rings. The van der Waals surface area contributed by atoms with Gasteiger partial charge in [0.15, 0.2) is 6.29 Å². The highest BCUT2D eigenvalue weighted by Gasteiger charge is 2.47. The number of hydrogen-bond donors (Lipinski definition) is 3. The van der Waals surface area contributed by atoms with Crippen LogP contribution < -0.4 is 16.0 Å². The molecule has 1 saturated heterocycles. The summed E-state index contributed by atoms with van der Waals surface area (Å²) in [6.45, 7) is 2.36. The lowest BCUT2D eigenvalue weighted by Gasteiger charge is -2.37. The maximum absolute atomic E-state index is 13.2. The number of hydrogen-bond acceptors (Lipinski definition) is 3. The molecule has 6 nitrogen and oxygen atoms in total. The van der Waals surface area contributed by atoms with Crippen LogP contribution >= 0.6 is 0 Å². The number of amides is 4. The van der Waals surface area contributed by atoms with Gasteiger partial charge in [0.25, 0.3) is 0 Å². The lowest BCUT2D eigenvalue weighted by molar-refractivity contribution is -0.166. The summed E-state index contributed by atoms with van der Waals surface area (Å²) in [6.07, 6.45) is -5.82. The summed E-state index contributed by atoms with van der Waals surface area (Å²) in [7, 11) is 0. The van der Waals surface area contributed by atoms with Crippen molar-refractivity contribution >= 4 is 12.1 Å². The summed E-state index contributed by atoms with van der Waals surface area (Å²) in [6, 6.07) is 0.565. The van der Waals surface area contributed by atoms with E-state index < -0.39 is 42.4 Å². The first-order chi connectivity index (χ1) is 11.1. The molecule has 0 saturated carbocycles. The zero-order chi connectivity index (χ0) is 18.1. The summed E-state index contributed by atoms with van der Waals surface area (Å²) in [5.74, 6) is -0.456. The number of nitrogens with one attached hydrogen (secondary N) is 3. The molecule has 24 heavy (non-hydrogen) atoms. The quantitative estimate of drug-likeness (QED) is 0.732. The van der Waals surface area contributed by atoms with E-state index in [4.69, 9.17) is 0 Å². The molecule has 1 fully saturated rings. The van der Waals surface area contributed by atoms with Crippen molar-refractivity contribution in [1.82, 2.24) is 20.9 Å². The first-order valence-corrected chi connectivity index (χ1v) is 7.08. The van der Waals surface area contributed by atoms with Crippen LogP contribution in [0, 0.1) is 5.82 Å². The average molecular weight is 348 g/mol. The SMILES string of the molecule is C[C@H](NC1NC(=O)N([C@H](C)C(F)(F)F)C(=O)N1)c1cccc(F)c1. The fourth-order valence-electron chi connectivity index (χ4n) is 2.22. The Bertz CT molecular complexity index is 619. The molecular weight excluding hydrogens is 332 g/mol. The molecule has 2 rings (SSSR count). The predicted octanol–water partition coefficient (Wildman–Crippen LogP) is 2.45. The summed E-state index contributed by atoms with van der Waals surface area (Å²) < 4.78 is 51.3. The molecule has 1 aliphatic heterocycles. The van der Waals surface area contributed by atoms with E-state index in [2.05, 4.69) is 16.0 Å². The second-order valence-corrected chi connectivity index (χ2v) is 5.36. The Kier molecular flexibility index (Phi) is 4.97. The molecule has 1 aromatic carbocycles. The van der Waals surface area contributed by atoms with Gasteiger partial charge in [-0.3, -0.25) is 5.32 Å². The minimum absolute atomic E-state index is 0.0605. The number of carbonyl (C=O) groups excluding carboxylic acids is 2. The van der Waals surface area contributed by atoms with Gasteiger partial charge in [-0.05, 0) is 31.5 Å². The van der Waals surface area contributed by atoms with Crippen LogP contribution in [-0.4, -0.2) is 35.5 Å². The van der Waals surface area contributed by atoms with Crippen LogP contribution in [0.2, 0.25) is 0 Å². The minimum atomic E-state index is -4.73. The lowest BCUT2D eigenvalue weighted by Crippen LogP contribution is -2.70. The molecule has 0 aromatic heterocycles. The van der Waals surface area contributed by atoms with Gasteiger partial charge in [0, 0.05) is 6.04 Å². The van der Waals surface area contributed by atoms with Gasteiger partial charge in [0.05, 0.1) is 0 Å². The molecule has 10 heteroatoms. The number of imide groups is 1. The van der Waals surface area contributed by atoms with Crippen molar-refractivity contribution in [3.8, 4) is 0 Å². The third-order valence-electron chi connectivity index (χ3n) is 3.60. The van der Waals surface area contributed by atoms with E-state index in [1.165, 1.54) is 18.2 Å². The van der Waals surface area contributed by atoms with E-state index in [0.29, 0.717) is 12.5 Å². The van der Waals surface area contributed by atoms with Gasteiger partial charge in [-0.1, -0.05) is 12.1 Å². The Morgan fingerprint density at radius 2 is 1.75 bits per heavy atom. The van der Waals surface area contributed by atoms with Crippen LogP contribution in [0.5, 0.6) is 0 Å². The molecule has 2 atom stereocenters. The van der Waals surface area contributed by atoms with E-state index in [-0.39, 0.29) is 4.90 Å². The number of nitrogens with zero attached hydrogens (tertiary/aromatic N) is 1. The Hall–Kier alpha value is -2.36. The summed E-state index contributed by atoms with van der Waals surface area (Å²) in [5.41, 5.74) is 0.546. The molecule has 0 bridgehead atoms. The van der Waals surface area contributed by atoms with Crippen molar-refractivity contribution in [2.45, 2.75) is 38.4 Å². The summed E-state index contributed by atoms with van der Waals surface area (Å²) in [4.78, 5) is 23.7. The fourth-order valence-corrected chi connectivity index (χ4v) is 2.22. The van der Waals surface area contributed by atoms with Crippen LogP contribution in [-0.2, 0) is 0 Å². The molecule has 0 radical (unpaired) electrons. The van der Waals surface area contributed by atoms with Crippen molar-refractivity contribution in [3.63, 3.8) is 0 Å². The van der Waals surface area contributed by atoms with E-state index in [1.54, 1.807) is 13.0 Å². The van der Waals surface area contributed by atoms with Gasteiger partial charge in [-0.2, -0.15) is 13.2 Å². The monoisotopic (exact) mass is 348 g/mol. The second kappa shape index (κ2) is 6.63. The highest BCUT2D eigenvalue weighted by atomic mass is 19.4. The maximum atomic E-state index is 13.2. The fraction of sp³-hybridized carbons (Fsp3) is 0.429. The van der Waals surface area contributed by atoms with Gasteiger partial charge in [0.1, 0.15) is 11.9 Å². The number of halogens is 4. The third kappa shape index (κ3) is 3.94. The zero-order valence-corrected chi connectivity index (χ0v) is 12.8. The first-order valence-electron chi connectivity index (χ1n) is 7.08. The highest BCUT2D eigenvalue weighted by Crippen LogP contribution is 2.25. The van der Waals surface area contributed by atoms with Gasteiger partial charge in [-0.15, -0.1) is 0 Å². The minimum Gasteiger partial charge on any atom is -0.304 e. The standard InChI is InChI=1S/C14H16F4N4O2/c1-7(9-4-3-5-10(15)6-9)19-11-20-12(23)22(13(24)21-11)8(2)14(16,17)18/h3-8,11,19H,1-2H3,(H,20,23)(H,21,24)/t7-,8+/m0/s1. The number of carbonyl (C=O) groups is 2. The van der Waals surface area contributed by atoms with Gasteiger partial charge in [-0.25, -0.2) is 18.9 Å². The van der Waals surface area contributed by atoms with Crippen LogP contribution in [0.15, 0.2) is 24.3 Å². The van der Waals surface area contributed by atoms with Crippen molar-refractivity contribution in [3.05, 3.63) is 35.6 Å². The van der Waals surface area contributed by atoms with Crippen molar-refractivity contribution in [2.75, 3.05) is 0 Å². The molecule has 132 valence electrons. The summed E-state index contributed by atoms with van der Waals surface area (Å²) in [5, 5.41) is 7.21. The van der Waals surface area contributed by atoms with Crippen LogP contribution in [0.4, 0.5) is 27.2 Å². The normalized spacial score (nSPS) is 18.8. The van der Waals surface area contributed by atoms with E-state index in [0.717, 1.165) is 0 Å². The van der Waals surface area contributed by atoms with Crippen molar-refractivity contribution in [2.24, 2.45) is 0 Å². The molecule has 3 N–H and O–H groups in total. The lowest BCUT2D eigenvalue weighted by atomic mass is 10.1. The van der Waals surface area contributed by atoms with E-state index in [1.807, 2.05) is 0 Å². The smallest absolute Gasteiger partial charge is 0.304 e. The Morgan fingerprint density at radius 1 is 1.17 bits per heavy atom. The van der Waals surface area contributed by atoms with Gasteiger partial charge < -0.3 is 10.6 Å². The molecule has 1 heterocycles.